The van der Waals surface area contributed by atoms with Crippen LogP contribution in [0.2, 0.25) is 0 Å². The zero-order valence-corrected chi connectivity index (χ0v) is 28.7. The summed E-state index contributed by atoms with van der Waals surface area (Å²) in [7, 11) is 0. The van der Waals surface area contributed by atoms with Gasteiger partial charge in [0.15, 0.2) is 0 Å². The van der Waals surface area contributed by atoms with Gasteiger partial charge in [-0.2, -0.15) is 0 Å². The van der Waals surface area contributed by atoms with Crippen LogP contribution in [-0.2, 0) is 27.2 Å². The van der Waals surface area contributed by atoms with E-state index in [9.17, 15) is 19.2 Å². The van der Waals surface area contributed by atoms with Crippen LogP contribution in [0.1, 0.15) is 76.3 Å². The molecule has 0 fully saturated rings. The fourth-order valence-electron chi connectivity index (χ4n) is 5.40. The van der Waals surface area contributed by atoms with E-state index in [1.54, 1.807) is 62.4 Å². The highest BCUT2D eigenvalue weighted by Gasteiger charge is 2.27. The number of carbonyl (C=O) groups is 4. The van der Waals surface area contributed by atoms with Gasteiger partial charge in [0.1, 0.15) is 10.7 Å². The number of nitrogens with one attached hydrogen (secondary N) is 3. The molecule has 1 aliphatic carbocycles. The third kappa shape index (κ3) is 9.23. The molecule has 10 heteroatoms. The summed E-state index contributed by atoms with van der Waals surface area (Å²) in [5, 5.41) is 8.71. The van der Waals surface area contributed by atoms with Crippen LogP contribution in [0.25, 0.3) is 6.08 Å². The Bertz CT molecular complexity index is 1790. The number of fused-ring (bicyclic) bond motifs is 1. The fourth-order valence-corrected chi connectivity index (χ4v) is 7.61. The maximum Gasteiger partial charge on any atom is 0.341 e. The van der Waals surface area contributed by atoms with Crippen molar-refractivity contribution in [3.8, 4) is 0 Å². The second-order valence-electron chi connectivity index (χ2n) is 11.4. The molecule has 1 heterocycles. The highest BCUT2D eigenvalue weighted by Crippen LogP contribution is 2.38. The maximum atomic E-state index is 13.5. The molecule has 3 aromatic carbocycles. The van der Waals surface area contributed by atoms with E-state index in [4.69, 9.17) is 4.74 Å². The van der Waals surface area contributed by atoms with Gasteiger partial charge in [-0.25, -0.2) is 4.79 Å². The van der Waals surface area contributed by atoms with Gasteiger partial charge in [-0.15, -0.1) is 23.1 Å². The summed E-state index contributed by atoms with van der Waals surface area (Å²) in [6.45, 7) is 3.85. The van der Waals surface area contributed by atoms with Crippen LogP contribution in [0.3, 0.4) is 0 Å². The zero-order valence-electron chi connectivity index (χ0n) is 27.0. The summed E-state index contributed by atoms with van der Waals surface area (Å²) >= 11 is 2.82. The normalized spacial score (nSPS) is 13.7. The van der Waals surface area contributed by atoms with Crippen molar-refractivity contribution >= 4 is 63.6 Å². The molecule has 248 valence electrons. The Balaban J connectivity index is 1.29. The topological polar surface area (TPSA) is 114 Å². The van der Waals surface area contributed by atoms with Crippen LogP contribution in [0.15, 0.2) is 95.5 Å². The van der Waals surface area contributed by atoms with Crippen molar-refractivity contribution < 1.29 is 23.9 Å². The number of benzene rings is 3. The van der Waals surface area contributed by atoms with Crippen molar-refractivity contribution in [3.05, 3.63) is 118 Å². The van der Waals surface area contributed by atoms with Crippen LogP contribution >= 0.6 is 23.1 Å². The molecule has 4 aromatic rings. The Morgan fingerprint density at radius 2 is 1.58 bits per heavy atom. The molecule has 1 aliphatic rings. The first kappa shape index (κ1) is 34.7. The van der Waals surface area contributed by atoms with Crippen LogP contribution < -0.4 is 16.0 Å². The molecule has 0 radical (unpaired) electrons. The van der Waals surface area contributed by atoms with Gasteiger partial charge in [0.25, 0.3) is 11.8 Å². The first-order valence-electron chi connectivity index (χ1n) is 16.2. The Hall–Kier alpha value is -4.67. The van der Waals surface area contributed by atoms with Crippen LogP contribution in [0.4, 0.5) is 10.7 Å². The van der Waals surface area contributed by atoms with Crippen molar-refractivity contribution in [2.24, 2.45) is 0 Å². The van der Waals surface area contributed by atoms with Crippen LogP contribution in [0, 0.1) is 0 Å². The Kier molecular flexibility index (Phi) is 12.2. The summed E-state index contributed by atoms with van der Waals surface area (Å²) in [5.41, 5.74) is 3.28. The molecule has 1 atom stereocenters. The lowest BCUT2D eigenvalue weighted by Crippen LogP contribution is -2.30. The standard InChI is InChI=1S/C38H39N3O5S2/c1-3-46-38(45)33-30-21-12-4-5-13-22-32(30)48-37(33)41-34(42)25(2)47-29-20-14-19-28(24-29)39-36(44)31(23-26-15-8-6-9-16-26)40-35(43)27-17-10-7-11-18-27/h6-11,14-20,23-25H,3-5,12-13,21-22H2,1-2H3,(H,39,44)(H,40,43)(H,41,42)/b31-23-. The quantitative estimate of drug-likeness (QED) is 0.0838. The molecule has 3 amide bonds. The number of aryl methyl sites for hydroxylation is 1. The van der Waals surface area contributed by atoms with E-state index in [0.29, 0.717) is 21.8 Å². The number of thiophene rings is 1. The molecule has 8 nitrogen and oxygen atoms in total. The predicted molar refractivity (Wildman–Crippen MR) is 193 cm³/mol. The minimum Gasteiger partial charge on any atom is -0.462 e. The van der Waals surface area contributed by atoms with E-state index in [2.05, 4.69) is 16.0 Å². The lowest BCUT2D eigenvalue weighted by molar-refractivity contribution is -0.115. The first-order chi connectivity index (χ1) is 23.3. The third-order valence-corrected chi connectivity index (χ3v) is 10.1. The second kappa shape index (κ2) is 16.9. The molecule has 5 rings (SSSR count). The molecule has 0 bridgehead atoms. The third-order valence-electron chi connectivity index (χ3n) is 7.80. The minimum atomic E-state index is -0.505. The van der Waals surface area contributed by atoms with Gasteiger partial charge in [-0.3, -0.25) is 14.4 Å². The Morgan fingerprint density at radius 1 is 0.875 bits per heavy atom. The number of anilines is 2. The van der Waals surface area contributed by atoms with Gasteiger partial charge < -0.3 is 20.7 Å². The summed E-state index contributed by atoms with van der Waals surface area (Å²) in [6, 6.07) is 25.2. The smallest absolute Gasteiger partial charge is 0.341 e. The van der Waals surface area contributed by atoms with E-state index < -0.39 is 23.0 Å². The van der Waals surface area contributed by atoms with Crippen molar-refractivity contribution in [2.45, 2.75) is 62.5 Å². The second-order valence-corrected chi connectivity index (χ2v) is 13.9. The number of hydrogen-bond acceptors (Lipinski definition) is 7. The molecule has 0 spiro atoms. The monoisotopic (exact) mass is 681 g/mol. The highest BCUT2D eigenvalue weighted by atomic mass is 32.2. The van der Waals surface area contributed by atoms with Crippen LogP contribution in [0.5, 0.6) is 0 Å². The number of esters is 1. The Labute approximate surface area is 289 Å². The van der Waals surface area contributed by atoms with Crippen molar-refractivity contribution in [2.75, 3.05) is 17.2 Å². The molecule has 0 saturated carbocycles. The summed E-state index contributed by atoms with van der Waals surface area (Å²) in [5.74, 6) is -1.52. The van der Waals surface area contributed by atoms with Gasteiger partial charge in [0, 0.05) is 21.0 Å². The maximum absolute atomic E-state index is 13.5. The average molecular weight is 682 g/mol. The van der Waals surface area contributed by atoms with Crippen molar-refractivity contribution in [1.29, 1.82) is 0 Å². The van der Waals surface area contributed by atoms with Gasteiger partial charge in [0.2, 0.25) is 5.91 Å². The molecular formula is C38H39N3O5S2. The van der Waals surface area contributed by atoms with E-state index in [0.717, 1.165) is 59.4 Å². The lowest BCUT2D eigenvalue weighted by atomic mass is 9.96. The number of ether oxygens (including phenoxy) is 1. The number of rotatable bonds is 11. The van der Waals surface area contributed by atoms with Crippen molar-refractivity contribution in [3.63, 3.8) is 0 Å². The van der Waals surface area contributed by atoms with E-state index in [1.807, 2.05) is 42.5 Å². The first-order valence-corrected chi connectivity index (χ1v) is 17.9. The number of amides is 3. The van der Waals surface area contributed by atoms with E-state index >= 15 is 0 Å². The number of thioether (sulfide) groups is 1. The SMILES string of the molecule is CCOC(=O)c1c(NC(=O)C(C)Sc2cccc(NC(=O)/C(=C/c3ccccc3)NC(=O)c3ccccc3)c2)sc2c1CCCCCC2. The van der Waals surface area contributed by atoms with Gasteiger partial charge in [-0.05, 0) is 87.1 Å². The highest BCUT2D eigenvalue weighted by molar-refractivity contribution is 8.00. The van der Waals surface area contributed by atoms with E-state index in [1.165, 1.54) is 23.1 Å². The molecule has 1 unspecified atom stereocenters. The number of carbonyl (C=O) groups excluding carboxylic acids is 4. The van der Waals surface area contributed by atoms with Gasteiger partial charge >= 0.3 is 5.97 Å². The number of hydrogen-bond donors (Lipinski definition) is 3. The van der Waals surface area contributed by atoms with Crippen molar-refractivity contribution in [1.82, 2.24) is 5.32 Å². The van der Waals surface area contributed by atoms with Crippen LogP contribution in [-0.4, -0.2) is 35.5 Å². The summed E-state index contributed by atoms with van der Waals surface area (Å²) in [4.78, 5) is 54.8. The molecule has 3 N–H and O–H groups in total. The molecular weight excluding hydrogens is 643 g/mol. The summed E-state index contributed by atoms with van der Waals surface area (Å²) in [6.07, 6.45) is 7.67. The van der Waals surface area contributed by atoms with Gasteiger partial charge in [0.05, 0.1) is 17.4 Å². The average Bonchev–Trinajstić information content (AvgIpc) is 3.40. The largest absolute Gasteiger partial charge is 0.462 e. The molecule has 48 heavy (non-hydrogen) atoms. The van der Waals surface area contributed by atoms with Gasteiger partial charge in [-0.1, -0.05) is 67.4 Å². The predicted octanol–water partition coefficient (Wildman–Crippen LogP) is 8.11. The van der Waals surface area contributed by atoms with E-state index in [-0.39, 0.29) is 18.2 Å². The summed E-state index contributed by atoms with van der Waals surface area (Å²) < 4.78 is 5.39. The lowest BCUT2D eigenvalue weighted by Gasteiger charge is -2.14. The minimum absolute atomic E-state index is 0.0864. The molecule has 1 aromatic heterocycles. The Morgan fingerprint density at radius 3 is 2.31 bits per heavy atom. The molecule has 0 aliphatic heterocycles. The zero-order chi connectivity index (χ0) is 33.9. The molecule has 0 saturated heterocycles. The fraction of sp³-hybridized carbons (Fsp3) is 0.263.